The van der Waals surface area contributed by atoms with Gasteiger partial charge >= 0.3 is 5.97 Å². The van der Waals surface area contributed by atoms with E-state index >= 15 is 0 Å². The Labute approximate surface area is 139 Å². The molecule has 0 unspecified atom stereocenters. The Bertz CT molecular complexity index is 592. The summed E-state index contributed by atoms with van der Waals surface area (Å²) in [6.07, 6.45) is 1.54. The van der Waals surface area contributed by atoms with Crippen LogP contribution in [0.5, 0.6) is 0 Å². The highest BCUT2D eigenvalue weighted by atomic mass is 35.5. The SMILES string of the molecule is CCCC(=O)N[C@@H]1C[C@@H](C(=O)OC)Nc2cc(Cl)cc(Cl)c21. The predicted octanol–water partition coefficient (Wildman–Crippen LogP) is 3.31. The third-order valence-electron chi connectivity index (χ3n) is 3.54. The Morgan fingerprint density at radius 1 is 1.41 bits per heavy atom. The quantitative estimate of drug-likeness (QED) is 0.822. The van der Waals surface area contributed by atoms with Crippen LogP contribution in [0.25, 0.3) is 0 Å². The highest BCUT2D eigenvalue weighted by molar-refractivity contribution is 6.35. The molecule has 1 heterocycles. The maximum atomic E-state index is 11.9. The molecule has 22 heavy (non-hydrogen) atoms. The van der Waals surface area contributed by atoms with Gasteiger partial charge in [0.15, 0.2) is 0 Å². The number of rotatable bonds is 4. The smallest absolute Gasteiger partial charge is 0.328 e. The summed E-state index contributed by atoms with van der Waals surface area (Å²) in [5.41, 5.74) is 1.39. The molecule has 2 N–H and O–H groups in total. The summed E-state index contributed by atoms with van der Waals surface area (Å²) < 4.78 is 4.79. The van der Waals surface area contributed by atoms with Gasteiger partial charge in [-0.3, -0.25) is 4.79 Å². The van der Waals surface area contributed by atoms with E-state index in [1.807, 2.05) is 6.92 Å². The minimum Gasteiger partial charge on any atom is -0.467 e. The second-order valence-corrected chi connectivity index (χ2v) is 6.02. The molecular formula is C15H18Cl2N2O3. The Kier molecular flexibility index (Phi) is 5.53. The standard InChI is InChI=1S/C15H18Cl2N2O3/c1-3-4-13(20)19-11-7-12(15(21)22-2)18-10-6-8(16)5-9(17)14(10)11/h5-6,11-12,18H,3-4,7H2,1-2H3,(H,19,20)/t11-,12+/m1/s1. The van der Waals surface area contributed by atoms with Crippen molar-refractivity contribution in [1.82, 2.24) is 5.32 Å². The van der Waals surface area contributed by atoms with Crippen LogP contribution in [0.2, 0.25) is 10.0 Å². The van der Waals surface area contributed by atoms with Crippen LogP contribution in [0, 0.1) is 0 Å². The minimum atomic E-state index is -0.557. The van der Waals surface area contributed by atoms with Crippen molar-refractivity contribution in [2.45, 2.75) is 38.3 Å². The number of fused-ring (bicyclic) bond motifs is 1. The second-order valence-electron chi connectivity index (χ2n) is 5.17. The van der Waals surface area contributed by atoms with Gasteiger partial charge in [0.05, 0.1) is 13.2 Å². The molecule has 1 aliphatic rings. The molecule has 0 radical (unpaired) electrons. The van der Waals surface area contributed by atoms with Crippen LogP contribution in [-0.4, -0.2) is 25.0 Å². The molecule has 0 fully saturated rings. The summed E-state index contributed by atoms with van der Waals surface area (Å²) >= 11 is 12.3. The monoisotopic (exact) mass is 344 g/mol. The van der Waals surface area contributed by atoms with Gasteiger partial charge in [0.1, 0.15) is 6.04 Å². The van der Waals surface area contributed by atoms with E-state index in [9.17, 15) is 9.59 Å². The van der Waals surface area contributed by atoms with Crippen molar-refractivity contribution >= 4 is 40.8 Å². The van der Waals surface area contributed by atoms with Crippen LogP contribution in [0.15, 0.2) is 12.1 Å². The molecule has 7 heteroatoms. The van der Waals surface area contributed by atoms with Gasteiger partial charge in [-0.1, -0.05) is 30.1 Å². The second kappa shape index (κ2) is 7.20. The molecule has 0 spiro atoms. The zero-order chi connectivity index (χ0) is 16.3. The Balaban J connectivity index is 2.35. The first-order valence-corrected chi connectivity index (χ1v) is 7.84. The normalized spacial score (nSPS) is 19.8. The zero-order valence-corrected chi connectivity index (χ0v) is 13.9. The van der Waals surface area contributed by atoms with E-state index in [0.717, 1.165) is 12.0 Å². The summed E-state index contributed by atoms with van der Waals surface area (Å²) in [6, 6.07) is 2.40. The fourth-order valence-corrected chi connectivity index (χ4v) is 3.21. The van der Waals surface area contributed by atoms with Gasteiger partial charge < -0.3 is 15.4 Å². The van der Waals surface area contributed by atoms with Crippen molar-refractivity contribution in [2.24, 2.45) is 0 Å². The number of hydrogen-bond donors (Lipinski definition) is 2. The molecule has 1 aromatic rings. The van der Waals surface area contributed by atoms with Crippen LogP contribution < -0.4 is 10.6 Å². The number of benzene rings is 1. The highest BCUT2D eigenvalue weighted by Crippen LogP contribution is 2.40. The average molecular weight is 345 g/mol. The summed E-state index contributed by atoms with van der Waals surface area (Å²) in [6.45, 7) is 1.93. The lowest BCUT2D eigenvalue weighted by molar-refractivity contribution is -0.142. The Hall–Kier alpha value is -1.46. The Morgan fingerprint density at radius 3 is 2.77 bits per heavy atom. The number of nitrogens with one attached hydrogen (secondary N) is 2. The van der Waals surface area contributed by atoms with E-state index < -0.39 is 12.0 Å². The number of carbonyl (C=O) groups is 2. The van der Waals surface area contributed by atoms with Crippen molar-refractivity contribution < 1.29 is 14.3 Å². The first-order chi connectivity index (χ1) is 10.5. The van der Waals surface area contributed by atoms with Crippen molar-refractivity contribution in [3.8, 4) is 0 Å². The molecule has 0 saturated carbocycles. The number of hydrogen-bond acceptors (Lipinski definition) is 4. The van der Waals surface area contributed by atoms with E-state index in [1.165, 1.54) is 7.11 Å². The van der Waals surface area contributed by atoms with Crippen LogP contribution in [0.1, 0.15) is 37.8 Å². The van der Waals surface area contributed by atoms with Crippen molar-refractivity contribution in [3.63, 3.8) is 0 Å². The lowest BCUT2D eigenvalue weighted by Crippen LogP contribution is -2.41. The van der Waals surface area contributed by atoms with E-state index in [2.05, 4.69) is 10.6 Å². The third kappa shape index (κ3) is 3.65. The molecule has 120 valence electrons. The third-order valence-corrected chi connectivity index (χ3v) is 4.07. The molecular weight excluding hydrogens is 327 g/mol. The topological polar surface area (TPSA) is 67.4 Å². The van der Waals surface area contributed by atoms with E-state index in [1.54, 1.807) is 12.1 Å². The van der Waals surface area contributed by atoms with Gasteiger partial charge in [-0.2, -0.15) is 0 Å². The number of halogens is 2. The lowest BCUT2D eigenvalue weighted by Gasteiger charge is -2.33. The molecule has 2 atom stereocenters. The first-order valence-electron chi connectivity index (χ1n) is 7.09. The zero-order valence-electron chi connectivity index (χ0n) is 12.4. The van der Waals surface area contributed by atoms with Gasteiger partial charge in [0, 0.05) is 34.1 Å². The summed E-state index contributed by atoms with van der Waals surface area (Å²) in [5, 5.41) is 6.92. The molecule has 1 aromatic carbocycles. The van der Waals surface area contributed by atoms with Crippen molar-refractivity contribution in [2.75, 3.05) is 12.4 Å². The van der Waals surface area contributed by atoms with Crippen molar-refractivity contribution in [3.05, 3.63) is 27.7 Å². The lowest BCUT2D eigenvalue weighted by atomic mass is 9.92. The predicted molar refractivity (Wildman–Crippen MR) is 86.3 cm³/mol. The van der Waals surface area contributed by atoms with E-state index in [-0.39, 0.29) is 11.9 Å². The summed E-state index contributed by atoms with van der Waals surface area (Å²) in [4.78, 5) is 23.8. The molecule has 5 nitrogen and oxygen atoms in total. The molecule has 0 bridgehead atoms. The fourth-order valence-electron chi connectivity index (χ4n) is 2.58. The van der Waals surface area contributed by atoms with Crippen LogP contribution in [0.3, 0.4) is 0 Å². The maximum absolute atomic E-state index is 11.9. The number of methoxy groups -OCH3 is 1. The molecule has 0 saturated heterocycles. The largest absolute Gasteiger partial charge is 0.467 e. The van der Waals surface area contributed by atoms with E-state index in [0.29, 0.717) is 28.6 Å². The van der Waals surface area contributed by atoms with Crippen LogP contribution >= 0.6 is 23.2 Å². The summed E-state index contributed by atoms with van der Waals surface area (Å²) in [7, 11) is 1.33. The first kappa shape index (κ1) is 16.9. The summed E-state index contributed by atoms with van der Waals surface area (Å²) in [5.74, 6) is -0.466. The van der Waals surface area contributed by atoms with Gasteiger partial charge in [-0.05, 0) is 18.6 Å². The molecule has 1 aliphatic heterocycles. The number of carbonyl (C=O) groups excluding carboxylic acids is 2. The number of ether oxygens (including phenoxy) is 1. The van der Waals surface area contributed by atoms with Crippen LogP contribution in [-0.2, 0) is 14.3 Å². The molecule has 2 rings (SSSR count). The maximum Gasteiger partial charge on any atom is 0.328 e. The average Bonchev–Trinajstić information content (AvgIpc) is 2.45. The van der Waals surface area contributed by atoms with Gasteiger partial charge in [0.2, 0.25) is 5.91 Å². The van der Waals surface area contributed by atoms with Gasteiger partial charge in [-0.15, -0.1) is 0 Å². The molecule has 0 aliphatic carbocycles. The number of amides is 1. The van der Waals surface area contributed by atoms with Crippen LogP contribution in [0.4, 0.5) is 5.69 Å². The number of anilines is 1. The van der Waals surface area contributed by atoms with Crippen molar-refractivity contribution in [1.29, 1.82) is 0 Å². The fraction of sp³-hybridized carbons (Fsp3) is 0.467. The van der Waals surface area contributed by atoms with Gasteiger partial charge in [0.25, 0.3) is 0 Å². The molecule has 1 amide bonds. The highest BCUT2D eigenvalue weighted by Gasteiger charge is 2.33. The minimum absolute atomic E-state index is 0.0741. The number of esters is 1. The van der Waals surface area contributed by atoms with E-state index in [4.69, 9.17) is 27.9 Å². The Morgan fingerprint density at radius 2 is 2.14 bits per heavy atom. The molecule has 0 aromatic heterocycles. The van der Waals surface area contributed by atoms with Gasteiger partial charge in [-0.25, -0.2) is 4.79 Å².